The topological polar surface area (TPSA) is 231 Å². The average Bonchev–Trinajstić information content (AvgIpc) is 2.77. The predicted molar refractivity (Wildman–Crippen MR) is 127 cm³/mol. The highest BCUT2D eigenvalue weighted by Gasteiger charge is 2.32. The van der Waals surface area contributed by atoms with Crippen molar-refractivity contribution in [1.29, 1.82) is 0 Å². The quantitative estimate of drug-likeness (QED) is 0.146. The Morgan fingerprint density at radius 3 is 1.83 bits per heavy atom. The fourth-order valence-electron chi connectivity index (χ4n) is 3.27. The van der Waals surface area contributed by atoms with Gasteiger partial charge in [0.05, 0.1) is 18.9 Å². The van der Waals surface area contributed by atoms with Crippen molar-refractivity contribution < 1.29 is 39.0 Å². The van der Waals surface area contributed by atoms with Crippen molar-refractivity contribution in [2.75, 3.05) is 0 Å². The van der Waals surface area contributed by atoms with Gasteiger partial charge < -0.3 is 37.6 Å². The number of primary amides is 1. The number of nitrogens with one attached hydrogen (secondary N) is 3. The molecule has 1 aromatic rings. The monoisotopic (exact) mass is 507 g/mol. The van der Waals surface area contributed by atoms with Crippen LogP contribution in [0.2, 0.25) is 0 Å². The van der Waals surface area contributed by atoms with Crippen molar-refractivity contribution in [3.8, 4) is 0 Å². The molecule has 36 heavy (non-hydrogen) atoms. The Balaban J connectivity index is 3.01. The zero-order chi connectivity index (χ0) is 27.4. The van der Waals surface area contributed by atoms with Crippen LogP contribution >= 0.6 is 0 Å². The Bertz CT molecular complexity index is 953. The van der Waals surface area contributed by atoms with E-state index in [0.29, 0.717) is 5.56 Å². The molecule has 4 unspecified atom stereocenters. The molecule has 198 valence electrons. The first-order valence-corrected chi connectivity index (χ1v) is 11.2. The van der Waals surface area contributed by atoms with Crippen molar-refractivity contribution in [2.24, 2.45) is 17.4 Å². The van der Waals surface area contributed by atoms with Gasteiger partial charge in [0.2, 0.25) is 23.6 Å². The first kappa shape index (κ1) is 30.0. The van der Waals surface area contributed by atoms with E-state index in [2.05, 4.69) is 16.0 Å². The molecule has 0 radical (unpaired) electrons. The van der Waals surface area contributed by atoms with Gasteiger partial charge in [-0.2, -0.15) is 0 Å². The van der Waals surface area contributed by atoms with E-state index in [-0.39, 0.29) is 18.8 Å². The van der Waals surface area contributed by atoms with Gasteiger partial charge in [0.1, 0.15) is 18.1 Å². The Morgan fingerprint density at radius 2 is 1.33 bits per heavy atom. The van der Waals surface area contributed by atoms with Gasteiger partial charge in [0, 0.05) is 6.42 Å². The number of nitrogens with two attached hydrogens (primary N) is 2. The molecule has 0 bridgehead atoms. The summed E-state index contributed by atoms with van der Waals surface area (Å²) < 4.78 is 0. The molecule has 1 rings (SSSR count). The SMILES string of the molecule is CC(C)CC(NC(=O)C(N)CC(=O)O)C(=O)NC(CC(N)=O)C(=O)NC(Cc1ccccc1)C(=O)O. The van der Waals surface area contributed by atoms with E-state index in [9.17, 15) is 33.9 Å². The number of carboxylic acids is 2. The normalized spacial score (nSPS) is 14.1. The molecule has 13 heteroatoms. The highest BCUT2D eigenvalue weighted by Crippen LogP contribution is 2.08. The molecule has 0 spiro atoms. The minimum Gasteiger partial charge on any atom is -0.481 e. The summed E-state index contributed by atoms with van der Waals surface area (Å²) >= 11 is 0. The number of amides is 4. The van der Waals surface area contributed by atoms with Crippen LogP contribution in [-0.4, -0.2) is 69.9 Å². The highest BCUT2D eigenvalue weighted by molar-refractivity contribution is 5.96. The summed E-state index contributed by atoms with van der Waals surface area (Å²) in [6, 6.07) is 3.02. The standard InChI is InChI=1S/C23H33N5O8/c1-12(2)8-15(26-20(32)14(24)10-19(30)31)21(33)27-16(11-18(25)29)22(34)28-17(23(35)36)9-13-6-4-3-5-7-13/h3-7,12,14-17H,8-11,24H2,1-2H3,(H2,25,29)(H,26,32)(H,27,33)(H,28,34)(H,30,31)(H,35,36). The minimum absolute atomic E-state index is 0.0490. The summed E-state index contributed by atoms with van der Waals surface area (Å²) in [6.45, 7) is 3.52. The van der Waals surface area contributed by atoms with Crippen molar-refractivity contribution in [2.45, 2.75) is 63.7 Å². The number of hydrogen-bond acceptors (Lipinski definition) is 7. The third-order valence-electron chi connectivity index (χ3n) is 5.01. The van der Waals surface area contributed by atoms with Crippen LogP contribution in [0.25, 0.3) is 0 Å². The summed E-state index contributed by atoms with van der Waals surface area (Å²) in [5.74, 6) is -6.36. The lowest BCUT2D eigenvalue weighted by Gasteiger charge is -2.25. The molecule has 0 aliphatic rings. The summed E-state index contributed by atoms with van der Waals surface area (Å²) in [6.07, 6.45) is -1.23. The number of carbonyl (C=O) groups is 6. The molecule has 0 aliphatic heterocycles. The maximum Gasteiger partial charge on any atom is 0.326 e. The summed E-state index contributed by atoms with van der Waals surface area (Å²) in [5, 5.41) is 25.3. The molecule has 0 fully saturated rings. The predicted octanol–water partition coefficient (Wildman–Crippen LogP) is -1.51. The second-order valence-electron chi connectivity index (χ2n) is 8.72. The van der Waals surface area contributed by atoms with Crippen molar-refractivity contribution in [3.05, 3.63) is 35.9 Å². The molecule has 0 saturated heterocycles. The fraction of sp³-hybridized carbons (Fsp3) is 0.478. The zero-order valence-corrected chi connectivity index (χ0v) is 20.1. The third kappa shape index (κ3) is 11.0. The smallest absolute Gasteiger partial charge is 0.326 e. The van der Waals surface area contributed by atoms with Crippen LogP contribution in [0.5, 0.6) is 0 Å². The highest BCUT2D eigenvalue weighted by atomic mass is 16.4. The maximum absolute atomic E-state index is 12.9. The Labute approximate surface area is 208 Å². The van der Waals surface area contributed by atoms with Crippen LogP contribution in [0.15, 0.2) is 30.3 Å². The molecule has 4 amide bonds. The van der Waals surface area contributed by atoms with Crippen LogP contribution in [0, 0.1) is 5.92 Å². The Kier molecular flexibility index (Phi) is 12.0. The van der Waals surface area contributed by atoms with Crippen LogP contribution in [0.4, 0.5) is 0 Å². The first-order chi connectivity index (χ1) is 16.8. The lowest BCUT2D eigenvalue weighted by atomic mass is 10.0. The lowest BCUT2D eigenvalue weighted by Crippen LogP contribution is -2.58. The second-order valence-corrected chi connectivity index (χ2v) is 8.72. The van der Waals surface area contributed by atoms with Crippen molar-refractivity contribution in [1.82, 2.24) is 16.0 Å². The van der Waals surface area contributed by atoms with Crippen LogP contribution in [0.3, 0.4) is 0 Å². The first-order valence-electron chi connectivity index (χ1n) is 11.2. The van der Waals surface area contributed by atoms with E-state index in [0.717, 1.165) is 0 Å². The summed E-state index contributed by atoms with van der Waals surface area (Å²) in [5.41, 5.74) is 11.4. The molecule has 0 aliphatic carbocycles. The Hall–Kier alpha value is -4.00. The molecule has 4 atom stereocenters. The largest absolute Gasteiger partial charge is 0.481 e. The molecule has 0 aromatic heterocycles. The van der Waals surface area contributed by atoms with E-state index in [4.69, 9.17) is 16.6 Å². The van der Waals surface area contributed by atoms with Gasteiger partial charge in [-0.15, -0.1) is 0 Å². The third-order valence-corrected chi connectivity index (χ3v) is 5.01. The number of carboxylic acid groups (broad SMARTS) is 2. The van der Waals surface area contributed by atoms with E-state index in [1.807, 2.05) is 0 Å². The lowest BCUT2D eigenvalue weighted by molar-refractivity contribution is -0.142. The van der Waals surface area contributed by atoms with Gasteiger partial charge >= 0.3 is 11.9 Å². The van der Waals surface area contributed by atoms with Crippen molar-refractivity contribution in [3.63, 3.8) is 0 Å². The van der Waals surface area contributed by atoms with Gasteiger partial charge in [-0.25, -0.2) is 4.79 Å². The molecular formula is C23H33N5O8. The van der Waals surface area contributed by atoms with Gasteiger partial charge in [0.15, 0.2) is 0 Å². The molecule has 0 heterocycles. The molecule has 13 nitrogen and oxygen atoms in total. The molecular weight excluding hydrogens is 474 g/mol. The van der Waals surface area contributed by atoms with E-state index >= 15 is 0 Å². The number of rotatable bonds is 15. The van der Waals surface area contributed by atoms with Crippen LogP contribution in [0.1, 0.15) is 38.7 Å². The number of benzene rings is 1. The maximum atomic E-state index is 12.9. The molecule has 1 aromatic carbocycles. The summed E-state index contributed by atoms with van der Waals surface area (Å²) in [4.78, 5) is 72.1. The van der Waals surface area contributed by atoms with Crippen LogP contribution in [-0.2, 0) is 35.2 Å². The van der Waals surface area contributed by atoms with Gasteiger partial charge in [-0.3, -0.25) is 24.0 Å². The van der Waals surface area contributed by atoms with Crippen LogP contribution < -0.4 is 27.4 Å². The summed E-state index contributed by atoms with van der Waals surface area (Å²) in [7, 11) is 0. The molecule has 0 saturated carbocycles. The number of carbonyl (C=O) groups excluding carboxylic acids is 4. The number of aliphatic carboxylic acids is 2. The number of hydrogen-bond donors (Lipinski definition) is 7. The zero-order valence-electron chi connectivity index (χ0n) is 20.1. The van der Waals surface area contributed by atoms with Crippen molar-refractivity contribution >= 4 is 35.6 Å². The van der Waals surface area contributed by atoms with Gasteiger partial charge in [-0.05, 0) is 17.9 Å². The fourth-order valence-corrected chi connectivity index (χ4v) is 3.27. The minimum atomic E-state index is -1.52. The second kappa shape index (κ2) is 14.4. The van der Waals surface area contributed by atoms with E-state index < -0.39 is 72.6 Å². The Morgan fingerprint density at radius 1 is 0.806 bits per heavy atom. The van der Waals surface area contributed by atoms with Gasteiger partial charge in [0.25, 0.3) is 0 Å². The van der Waals surface area contributed by atoms with E-state index in [1.54, 1.807) is 44.2 Å². The molecule has 9 N–H and O–H groups in total. The average molecular weight is 508 g/mol. The van der Waals surface area contributed by atoms with Gasteiger partial charge in [-0.1, -0.05) is 44.2 Å². The van der Waals surface area contributed by atoms with E-state index in [1.165, 1.54) is 0 Å².